The lowest BCUT2D eigenvalue weighted by molar-refractivity contribution is -0.143. The van der Waals surface area contributed by atoms with Crippen LogP contribution in [-0.2, 0) is 19.1 Å². The van der Waals surface area contributed by atoms with E-state index in [9.17, 15) is 24.0 Å². The topological polar surface area (TPSA) is 129 Å². The quantitative estimate of drug-likeness (QED) is 0.564. The second kappa shape index (κ2) is 10.7. The zero-order valence-corrected chi connectivity index (χ0v) is 19.6. The molecule has 36 heavy (non-hydrogen) atoms. The highest BCUT2D eigenvalue weighted by Gasteiger charge is 2.49. The maximum atomic E-state index is 14.6. The van der Waals surface area contributed by atoms with Gasteiger partial charge in [0.25, 0.3) is 0 Å². The first-order chi connectivity index (χ1) is 17.3. The van der Waals surface area contributed by atoms with E-state index in [0.29, 0.717) is 17.7 Å². The van der Waals surface area contributed by atoms with Gasteiger partial charge < -0.3 is 24.8 Å². The monoisotopic (exact) mass is 495 g/mol. The highest BCUT2D eigenvalue weighted by atomic mass is 19.1. The number of aliphatic hydroxyl groups is 1. The van der Waals surface area contributed by atoms with Crippen molar-refractivity contribution < 1.29 is 33.4 Å². The fourth-order valence-corrected chi connectivity index (χ4v) is 4.31. The summed E-state index contributed by atoms with van der Waals surface area (Å²) in [5.74, 6) is -1.75. The number of nitrogens with zero attached hydrogens (tertiary/aromatic N) is 2. The molecule has 2 aromatic rings. The number of amides is 2. The Morgan fingerprint density at radius 1 is 1.19 bits per heavy atom. The van der Waals surface area contributed by atoms with E-state index in [1.54, 1.807) is 36.4 Å². The standard InChI is InChI=1S/C26H26FN3O6/c1-35-26(34)20-11-19(20)25(33)29-18-4-2-3-15(10-18)16-5-6-22(17(9-16)12-28)36-23-7-8-30(13-21(23)27)24(32)14-31/h2-6,9-10,19-21,23,31H,7-8,11,13-14H2,1H3,(H,29,33)/t19-,20-,21-,23+/m1/s1. The molecule has 1 aliphatic heterocycles. The van der Waals surface area contributed by atoms with E-state index in [0.717, 1.165) is 5.56 Å². The lowest BCUT2D eigenvalue weighted by Crippen LogP contribution is -2.50. The largest absolute Gasteiger partial charge is 0.486 e. The van der Waals surface area contributed by atoms with Gasteiger partial charge in [0.05, 0.1) is 31.1 Å². The zero-order valence-electron chi connectivity index (χ0n) is 19.6. The lowest BCUT2D eigenvalue weighted by Gasteiger charge is -2.34. The number of carbonyl (C=O) groups is 3. The van der Waals surface area contributed by atoms with Crippen LogP contribution in [0.25, 0.3) is 11.1 Å². The van der Waals surface area contributed by atoms with Gasteiger partial charge in [0.1, 0.15) is 24.5 Å². The van der Waals surface area contributed by atoms with E-state index < -0.39 is 42.6 Å². The van der Waals surface area contributed by atoms with E-state index in [-0.39, 0.29) is 36.7 Å². The van der Waals surface area contributed by atoms with Crippen molar-refractivity contribution in [3.05, 3.63) is 48.0 Å². The Morgan fingerprint density at radius 2 is 1.97 bits per heavy atom. The number of hydrogen-bond acceptors (Lipinski definition) is 7. The Morgan fingerprint density at radius 3 is 2.67 bits per heavy atom. The zero-order chi connectivity index (χ0) is 25.8. The van der Waals surface area contributed by atoms with Crippen molar-refractivity contribution >= 4 is 23.5 Å². The van der Waals surface area contributed by atoms with Crippen LogP contribution >= 0.6 is 0 Å². The number of esters is 1. The van der Waals surface area contributed by atoms with E-state index in [1.807, 2.05) is 6.07 Å². The van der Waals surface area contributed by atoms with Crippen LogP contribution in [0.2, 0.25) is 0 Å². The van der Waals surface area contributed by atoms with E-state index >= 15 is 0 Å². The van der Waals surface area contributed by atoms with Crippen LogP contribution in [0.15, 0.2) is 42.5 Å². The minimum atomic E-state index is -1.45. The van der Waals surface area contributed by atoms with Crippen LogP contribution < -0.4 is 10.1 Å². The minimum Gasteiger partial charge on any atom is -0.486 e. The smallest absolute Gasteiger partial charge is 0.309 e. The summed E-state index contributed by atoms with van der Waals surface area (Å²) in [6.07, 6.45) is -1.58. The number of ether oxygens (including phenoxy) is 2. The Kier molecular flexibility index (Phi) is 7.50. The van der Waals surface area contributed by atoms with Gasteiger partial charge in [-0.2, -0.15) is 5.26 Å². The van der Waals surface area contributed by atoms with Gasteiger partial charge in [0, 0.05) is 18.7 Å². The maximum absolute atomic E-state index is 14.6. The van der Waals surface area contributed by atoms with Crippen molar-refractivity contribution in [1.82, 2.24) is 4.90 Å². The summed E-state index contributed by atoms with van der Waals surface area (Å²) in [5, 5.41) is 21.5. The highest BCUT2D eigenvalue weighted by molar-refractivity contribution is 5.98. The number of nitrogens with one attached hydrogen (secondary N) is 1. The van der Waals surface area contributed by atoms with Gasteiger partial charge in [-0.3, -0.25) is 14.4 Å². The summed E-state index contributed by atoms with van der Waals surface area (Å²) >= 11 is 0. The predicted molar refractivity (Wildman–Crippen MR) is 126 cm³/mol. The van der Waals surface area contributed by atoms with Gasteiger partial charge in [-0.1, -0.05) is 18.2 Å². The van der Waals surface area contributed by atoms with E-state index in [2.05, 4.69) is 16.1 Å². The first kappa shape index (κ1) is 25.1. The van der Waals surface area contributed by atoms with E-state index in [4.69, 9.17) is 9.84 Å². The van der Waals surface area contributed by atoms with Crippen LogP contribution in [-0.4, -0.2) is 66.9 Å². The Bertz CT molecular complexity index is 1210. The number of alkyl halides is 1. The number of rotatable bonds is 7. The van der Waals surface area contributed by atoms with Gasteiger partial charge in [0.2, 0.25) is 11.8 Å². The molecule has 188 valence electrons. The van der Waals surface area contributed by atoms with Crippen molar-refractivity contribution in [2.45, 2.75) is 25.1 Å². The molecular weight excluding hydrogens is 469 g/mol. The fraction of sp³-hybridized carbons (Fsp3) is 0.385. The summed E-state index contributed by atoms with van der Waals surface area (Å²) < 4.78 is 25.1. The molecule has 0 aromatic heterocycles. The number of hydrogen-bond donors (Lipinski definition) is 2. The average Bonchev–Trinajstić information content (AvgIpc) is 3.70. The molecule has 0 unspecified atom stereocenters. The molecule has 4 rings (SSSR count). The van der Waals surface area contributed by atoms with Crippen LogP contribution in [0, 0.1) is 23.2 Å². The van der Waals surface area contributed by atoms with Crippen molar-refractivity contribution in [3.63, 3.8) is 0 Å². The molecule has 1 aliphatic carbocycles. The third kappa shape index (κ3) is 5.47. The number of carbonyl (C=O) groups excluding carboxylic acids is 3. The molecule has 1 saturated heterocycles. The molecule has 10 heteroatoms. The summed E-state index contributed by atoms with van der Waals surface area (Å²) in [6.45, 7) is -0.592. The molecule has 0 spiro atoms. The second-order valence-electron chi connectivity index (χ2n) is 8.82. The van der Waals surface area contributed by atoms with Gasteiger partial charge in [-0.05, 0) is 41.8 Å². The number of piperidine rings is 1. The number of methoxy groups -OCH3 is 1. The summed E-state index contributed by atoms with van der Waals surface area (Å²) in [4.78, 5) is 36.9. The van der Waals surface area contributed by atoms with Crippen molar-refractivity contribution in [2.75, 3.05) is 32.1 Å². The first-order valence-corrected chi connectivity index (χ1v) is 11.6. The number of likely N-dealkylation sites (tertiary alicyclic amines) is 1. The third-order valence-corrected chi connectivity index (χ3v) is 6.44. The number of benzene rings is 2. The summed E-state index contributed by atoms with van der Waals surface area (Å²) in [5.41, 5.74) is 2.22. The molecule has 1 saturated carbocycles. The number of anilines is 1. The van der Waals surface area contributed by atoms with Crippen molar-refractivity contribution in [3.8, 4) is 22.9 Å². The van der Waals surface area contributed by atoms with Crippen LogP contribution in [0.5, 0.6) is 5.75 Å². The van der Waals surface area contributed by atoms with Crippen LogP contribution in [0.3, 0.4) is 0 Å². The summed E-state index contributed by atoms with van der Waals surface area (Å²) in [6, 6.07) is 14.1. The Labute approximate surface area is 207 Å². The van der Waals surface area contributed by atoms with Gasteiger partial charge in [-0.25, -0.2) is 4.39 Å². The molecule has 2 aliphatic rings. The molecule has 2 fully saturated rings. The molecule has 2 N–H and O–H groups in total. The fourth-order valence-electron chi connectivity index (χ4n) is 4.31. The SMILES string of the molecule is COC(=O)[C@@H]1C[C@H]1C(=O)Nc1cccc(-c2ccc(O[C@H]3CCN(C(=O)CO)C[C@H]3F)c(C#N)c2)c1. The Balaban J connectivity index is 1.43. The van der Waals surface area contributed by atoms with Gasteiger partial charge >= 0.3 is 5.97 Å². The Hall–Kier alpha value is -3.97. The number of aliphatic hydroxyl groups excluding tert-OH is 1. The maximum Gasteiger partial charge on any atom is 0.309 e. The second-order valence-corrected chi connectivity index (χ2v) is 8.82. The van der Waals surface area contributed by atoms with Crippen molar-refractivity contribution in [1.29, 1.82) is 5.26 Å². The molecule has 2 aromatic carbocycles. The molecule has 9 nitrogen and oxygen atoms in total. The van der Waals surface area contributed by atoms with Crippen LogP contribution in [0.4, 0.5) is 10.1 Å². The van der Waals surface area contributed by atoms with E-state index in [1.165, 1.54) is 12.0 Å². The molecule has 0 bridgehead atoms. The number of nitriles is 1. The molecule has 2 amide bonds. The predicted octanol–water partition coefficient (Wildman–Crippen LogP) is 2.28. The van der Waals surface area contributed by atoms with Gasteiger partial charge in [-0.15, -0.1) is 0 Å². The first-order valence-electron chi connectivity index (χ1n) is 11.6. The normalized spacial score (nSPS) is 22.8. The van der Waals surface area contributed by atoms with Gasteiger partial charge in [0.15, 0.2) is 6.17 Å². The van der Waals surface area contributed by atoms with Crippen molar-refractivity contribution in [2.24, 2.45) is 11.8 Å². The highest BCUT2D eigenvalue weighted by Crippen LogP contribution is 2.40. The number of halogens is 1. The summed E-state index contributed by atoms with van der Waals surface area (Å²) in [7, 11) is 1.30. The van der Waals surface area contributed by atoms with Crippen LogP contribution in [0.1, 0.15) is 18.4 Å². The molecule has 1 heterocycles. The third-order valence-electron chi connectivity index (χ3n) is 6.44. The molecule has 4 atom stereocenters. The molecule has 0 radical (unpaired) electrons. The average molecular weight is 496 g/mol. The minimum absolute atomic E-state index is 0.177. The molecular formula is C26H26FN3O6. The lowest BCUT2D eigenvalue weighted by atomic mass is 10.0.